The highest BCUT2D eigenvalue weighted by molar-refractivity contribution is 7.47. The van der Waals surface area contributed by atoms with Gasteiger partial charge in [-0.2, -0.15) is 0 Å². The summed E-state index contributed by atoms with van der Waals surface area (Å²) in [5.74, 6) is -1.25. The first kappa shape index (κ1) is 38.8. The van der Waals surface area contributed by atoms with E-state index in [1.807, 2.05) is 21.1 Å². The summed E-state index contributed by atoms with van der Waals surface area (Å²) in [7, 11) is 1.19. The van der Waals surface area contributed by atoms with E-state index in [-0.39, 0.29) is 32.3 Å². The van der Waals surface area contributed by atoms with Crippen LogP contribution in [-0.4, -0.2) is 85.6 Å². The first-order chi connectivity index (χ1) is 18.9. The Kier molecular flexibility index (Phi) is 22.7. The molecule has 0 heterocycles. The van der Waals surface area contributed by atoms with Crippen molar-refractivity contribution < 1.29 is 47.2 Å². The lowest BCUT2D eigenvalue weighted by Gasteiger charge is -2.25. The Morgan fingerprint density at radius 2 is 1.35 bits per heavy atom. The van der Waals surface area contributed by atoms with Crippen molar-refractivity contribution in [3.8, 4) is 0 Å². The smallest absolute Gasteiger partial charge is 0.457 e. The van der Waals surface area contributed by atoms with Gasteiger partial charge in [-0.1, -0.05) is 84.0 Å². The van der Waals surface area contributed by atoms with E-state index < -0.39 is 38.4 Å². The number of carbonyl (C=O) groups is 3. The lowest BCUT2D eigenvalue weighted by molar-refractivity contribution is -0.870. The minimum Gasteiger partial charge on any atom is -0.457 e. The number of carbonyl (C=O) groups excluding carboxylic acids is 3. The van der Waals surface area contributed by atoms with Crippen LogP contribution >= 0.6 is 7.82 Å². The third-order valence-corrected chi connectivity index (χ3v) is 7.60. The molecular formula is C29H57NO9P+. The van der Waals surface area contributed by atoms with Gasteiger partial charge in [0.15, 0.2) is 18.0 Å². The molecule has 3 atom stereocenters. The van der Waals surface area contributed by atoms with E-state index in [9.17, 15) is 28.9 Å². The van der Waals surface area contributed by atoms with Gasteiger partial charge in [0.2, 0.25) is 0 Å². The zero-order chi connectivity index (χ0) is 30.3. The molecule has 2 N–H and O–H groups in total. The second-order valence-electron chi connectivity index (χ2n) is 11.6. The van der Waals surface area contributed by atoms with Crippen molar-refractivity contribution in [2.45, 2.75) is 128 Å². The van der Waals surface area contributed by atoms with Crippen molar-refractivity contribution in [2.24, 2.45) is 0 Å². The van der Waals surface area contributed by atoms with E-state index >= 15 is 0 Å². The molecule has 0 aliphatic heterocycles. The number of ketones is 1. The number of hydrogen-bond acceptors (Lipinski definition) is 8. The number of phosphoric acid groups is 1. The first-order valence-electron chi connectivity index (χ1n) is 15.2. The van der Waals surface area contributed by atoms with Crippen molar-refractivity contribution >= 4 is 25.9 Å². The lowest BCUT2D eigenvalue weighted by Crippen LogP contribution is -2.40. The van der Waals surface area contributed by atoms with Crippen LogP contribution in [0.25, 0.3) is 0 Å². The van der Waals surface area contributed by atoms with Crippen molar-refractivity contribution in [3.63, 3.8) is 0 Å². The number of aliphatic hydroxyl groups is 1. The van der Waals surface area contributed by atoms with Gasteiger partial charge in [-0.3, -0.25) is 18.6 Å². The summed E-state index contributed by atoms with van der Waals surface area (Å²) >= 11 is 0. The monoisotopic (exact) mass is 594 g/mol. The van der Waals surface area contributed by atoms with Gasteiger partial charge in [-0.25, -0.2) is 4.57 Å². The molecule has 2 unspecified atom stereocenters. The molecule has 0 radical (unpaired) electrons. The molecule has 0 aromatic heterocycles. The van der Waals surface area contributed by atoms with Crippen molar-refractivity contribution in [2.75, 3.05) is 40.9 Å². The molecule has 0 saturated carbocycles. The molecule has 0 fully saturated rings. The number of phosphoric ester groups is 1. The van der Waals surface area contributed by atoms with E-state index in [0.717, 1.165) is 19.3 Å². The summed E-state index contributed by atoms with van der Waals surface area (Å²) in [6, 6.07) is 0. The number of nitrogens with zero attached hydrogens (tertiary/aromatic N) is 1. The zero-order valence-corrected chi connectivity index (χ0v) is 26.4. The summed E-state index contributed by atoms with van der Waals surface area (Å²) < 4.78 is 27.9. The Labute approximate surface area is 242 Å². The predicted octanol–water partition coefficient (Wildman–Crippen LogP) is 5.52. The molecule has 0 spiro atoms. The normalized spacial score (nSPS) is 14.8. The molecule has 236 valence electrons. The first-order valence-corrected chi connectivity index (χ1v) is 16.7. The van der Waals surface area contributed by atoms with Crippen LogP contribution in [0.4, 0.5) is 0 Å². The van der Waals surface area contributed by atoms with Gasteiger partial charge in [0.1, 0.15) is 19.4 Å². The number of esters is 1. The quantitative estimate of drug-likeness (QED) is 0.0394. The maximum atomic E-state index is 12.6. The third kappa shape index (κ3) is 23.5. The van der Waals surface area contributed by atoms with Crippen molar-refractivity contribution in [1.82, 2.24) is 0 Å². The van der Waals surface area contributed by atoms with Crippen LogP contribution in [0.3, 0.4) is 0 Å². The van der Waals surface area contributed by atoms with Gasteiger partial charge in [0.25, 0.3) is 0 Å². The van der Waals surface area contributed by atoms with Gasteiger partial charge in [-0.15, -0.1) is 0 Å². The minimum atomic E-state index is -4.49. The van der Waals surface area contributed by atoms with Crippen LogP contribution in [0.1, 0.15) is 116 Å². The Morgan fingerprint density at radius 1 is 0.825 bits per heavy atom. The van der Waals surface area contributed by atoms with Crippen molar-refractivity contribution in [3.05, 3.63) is 0 Å². The maximum Gasteiger partial charge on any atom is 0.472 e. The Balaban J connectivity index is 4.51. The Morgan fingerprint density at radius 3 is 1.85 bits per heavy atom. The van der Waals surface area contributed by atoms with Gasteiger partial charge in [0, 0.05) is 19.3 Å². The number of ether oxygens (including phenoxy) is 1. The molecule has 0 aliphatic rings. The minimum absolute atomic E-state index is 0.0477. The summed E-state index contributed by atoms with van der Waals surface area (Å²) in [4.78, 5) is 45.3. The highest BCUT2D eigenvalue weighted by Gasteiger charge is 2.33. The lowest BCUT2D eigenvalue weighted by atomic mass is 10.0. The molecule has 0 aliphatic carbocycles. The number of unbranched alkanes of at least 4 members (excludes halogenated alkanes) is 13. The number of aldehydes is 1. The summed E-state index contributed by atoms with van der Waals surface area (Å²) in [6.07, 6.45) is 13.1. The molecule has 0 amide bonds. The average molecular weight is 595 g/mol. The van der Waals surface area contributed by atoms with E-state index in [2.05, 4.69) is 6.92 Å². The fourth-order valence-electron chi connectivity index (χ4n) is 4.05. The van der Waals surface area contributed by atoms with Crippen molar-refractivity contribution in [1.29, 1.82) is 0 Å². The van der Waals surface area contributed by atoms with Crippen LogP contribution in [-0.2, 0) is 32.7 Å². The Hall–Kier alpha value is -1.16. The topological polar surface area (TPSA) is 136 Å². The largest absolute Gasteiger partial charge is 0.472 e. The molecule has 40 heavy (non-hydrogen) atoms. The number of aliphatic hydroxyl groups excluding tert-OH is 1. The third-order valence-electron chi connectivity index (χ3n) is 6.61. The molecular weight excluding hydrogens is 537 g/mol. The number of hydrogen-bond donors (Lipinski definition) is 2. The van der Waals surface area contributed by atoms with Gasteiger partial charge in [-0.05, 0) is 12.8 Å². The molecule has 0 aromatic carbocycles. The van der Waals surface area contributed by atoms with Crippen LogP contribution in [0.5, 0.6) is 0 Å². The predicted molar refractivity (Wildman–Crippen MR) is 156 cm³/mol. The highest BCUT2D eigenvalue weighted by Crippen LogP contribution is 2.43. The van der Waals surface area contributed by atoms with Crippen LogP contribution in [0.15, 0.2) is 0 Å². The second kappa shape index (κ2) is 23.4. The molecule has 0 saturated heterocycles. The molecule has 0 bridgehead atoms. The SMILES string of the molecule is CCCCCCCCCCCCCCCC(=O)C(O)[C@H](COP(=O)(O)OCC[N+](C)(C)C)OC(=O)CCCC=O. The van der Waals surface area contributed by atoms with Crippen LogP contribution in [0, 0.1) is 0 Å². The standard InChI is InChI=1S/C29H56NO9P/c1-5-6-7-8-9-10-11-12-13-14-15-16-17-20-26(32)29(34)27(39-28(33)21-18-19-23-31)25-38-40(35,36)37-24-22-30(2,3)4/h23,27,29,34H,5-22,24-25H2,1-4H3/p+1/t27-,29?/m0/s1. The van der Waals surface area contributed by atoms with E-state index in [4.69, 9.17) is 13.8 Å². The summed E-state index contributed by atoms with van der Waals surface area (Å²) in [5, 5.41) is 10.6. The van der Waals surface area contributed by atoms with Gasteiger partial charge >= 0.3 is 13.8 Å². The molecule has 11 heteroatoms. The molecule has 0 aromatic rings. The zero-order valence-electron chi connectivity index (χ0n) is 25.5. The number of quaternary nitrogens is 1. The Bertz CT molecular complexity index is 727. The summed E-state index contributed by atoms with van der Waals surface area (Å²) in [5.41, 5.74) is 0. The van der Waals surface area contributed by atoms with Gasteiger partial charge < -0.3 is 24.0 Å². The van der Waals surface area contributed by atoms with Gasteiger partial charge in [0.05, 0.1) is 27.7 Å². The number of likely N-dealkylation sites (N-methyl/N-ethyl adjacent to an activating group) is 1. The number of Topliss-reactive ketones (excluding diaryl/α,β-unsaturated/α-hetero) is 1. The van der Waals surface area contributed by atoms with E-state index in [1.54, 1.807) is 0 Å². The highest BCUT2D eigenvalue weighted by atomic mass is 31.2. The van der Waals surface area contributed by atoms with E-state index in [1.165, 1.54) is 57.8 Å². The summed E-state index contributed by atoms with van der Waals surface area (Å²) in [6.45, 7) is 1.95. The van der Waals surface area contributed by atoms with Crippen LogP contribution < -0.4 is 0 Å². The van der Waals surface area contributed by atoms with E-state index in [0.29, 0.717) is 23.7 Å². The number of rotatable bonds is 28. The van der Waals surface area contributed by atoms with Crippen LogP contribution in [0.2, 0.25) is 0 Å². The maximum absolute atomic E-state index is 12.6. The second-order valence-corrected chi connectivity index (χ2v) is 13.1. The molecule has 0 rings (SSSR count). The fraction of sp³-hybridized carbons (Fsp3) is 0.897. The average Bonchev–Trinajstić information content (AvgIpc) is 2.88. The fourth-order valence-corrected chi connectivity index (χ4v) is 4.78. The molecule has 10 nitrogen and oxygen atoms in total.